The molecular weight excluding hydrogens is 717 g/mol. The van der Waals surface area contributed by atoms with Crippen LogP contribution in [-0.4, -0.2) is 34.2 Å². The molecule has 0 unspecified atom stereocenters. The average Bonchev–Trinajstić information content (AvgIpc) is 3.18. The third-order valence-electron chi connectivity index (χ3n) is 9.20. The minimum Gasteiger partial charge on any atom is -0.496 e. The van der Waals surface area contributed by atoms with Crippen LogP contribution in [0.3, 0.4) is 0 Å². The van der Waals surface area contributed by atoms with Crippen molar-refractivity contribution >= 4 is 47.6 Å². The first-order valence-electron chi connectivity index (χ1n) is 17.7. The fourth-order valence-corrected chi connectivity index (χ4v) is 6.34. The van der Waals surface area contributed by atoms with Gasteiger partial charge in [-0.25, -0.2) is 20.0 Å². The zero-order valence-corrected chi connectivity index (χ0v) is 31.9. The van der Waals surface area contributed by atoms with Crippen molar-refractivity contribution in [2.75, 3.05) is 24.9 Å². The summed E-state index contributed by atoms with van der Waals surface area (Å²) in [4.78, 5) is 48.0. The van der Waals surface area contributed by atoms with Gasteiger partial charge in [0, 0.05) is 22.3 Å². The van der Waals surface area contributed by atoms with E-state index in [1.165, 1.54) is 5.56 Å². The van der Waals surface area contributed by atoms with Crippen LogP contribution < -0.4 is 52.9 Å². The highest BCUT2D eigenvalue weighted by Crippen LogP contribution is 2.38. The van der Waals surface area contributed by atoms with E-state index in [0.29, 0.717) is 45.7 Å². The Morgan fingerprint density at radius 3 is 1.46 bits per heavy atom. The van der Waals surface area contributed by atoms with Crippen LogP contribution in [0.1, 0.15) is 51.9 Å². The number of fused-ring (bicyclic) bond motifs is 2. The number of aromatic amines is 2. The van der Waals surface area contributed by atoms with Crippen molar-refractivity contribution in [1.29, 1.82) is 0 Å². The normalized spacial score (nSPS) is 12.6. The van der Waals surface area contributed by atoms with Crippen molar-refractivity contribution in [3.63, 3.8) is 0 Å². The lowest BCUT2D eigenvalue weighted by Crippen LogP contribution is -2.39. The van der Waals surface area contributed by atoms with Gasteiger partial charge in [0.05, 0.1) is 37.0 Å². The number of aryl methyl sites for hydroxylation is 4. The van der Waals surface area contributed by atoms with Gasteiger partial charge in [-0.05, 0) is 63.1 Å². The van der Waals surface area contributed by atoms with Crippen molar-refractivity contribution < 1.29 is 9.47 Å². The first-order chi connectivity index (χ1) is 26.9. The van der Waals surface area contributed by atoms with E-state index in [4.69, 9.17) is 14.5 Å². The Balaban J connectivity index is 0.000000191. The molecule has 2 aliphatic heterocycles. The van der Waals surface area contributed by atoms with Crippen molar-refractivity contribution in [3.05, 3.63) is 172 Å². The maximum atomic E-state index is 12.5. The molecule has 0 bridgehead atoms. The maximum Gasteiger partial charge on any atom is 0.279 e. The van der Waals surface area contributed by atoms with Gasteiger partial charge in [-0.1, -0.05) is 92.4 Å². The summed E-state index contributed by atoms with van der Waals surface area (Å²) in [7, 11) is 3.23. The summed E-state index contributed by atoms with van der Waals surface area (Å²) < 4.78 is 11.2. The van der Waals surface area contributed by atoms with E-state index in [2.05, 4.69) is 48.7 Å². The number of ether oxygens (including phenoxy) is 2. The summed E-state index contributed by atoms with van der Waals surface area (Å²) in [5.41, 5.74) is 10.6. The SMILES string of the molecule is C.C=c1nc2c(c(=O)[nH]1)=NC(c1ccc(C)cc1)=C(c1ccc(C)cc1)N2.C=c1nc2c(c(=O)[nH]1)=NC(c1ccc(C)cc1OC)=C(c1ccc(C)cc1OC)N2. The molecule has 12 nitrogen and oxygen atoms in total. The van der Waals surface area contributed by atoms with Crippen LogP contribution in [0.2, 0.25) is 0 Å². The summed E-state index contributed by atoms with van der Waals surface area (Å²) in [6.07, 6.45) is 0. The summed E-state index contributed by atoms with van der Waals surface area (Å²) in [6.45, 7) is 15.5. The molecule has 2 aromatic heterocycles. The Bertz CT molecular complexity index is 2950. The van der Waals surface area contributed by atoms with Crippen LogP contribution >= 0.6 is 0 Å². The monoisotopic (exact) mass is 760 g/mol. The number of anilines is 2. The zero-order chi connectivity index (χ0) is 39.7. The fourth-order valence-electron chi connectivity index (χ4n) is 6.34. The molecule has 0 atom stereocenters. The maximum absolute atomic E-state index is 12.5. The number of H-pyrrole nitrogens is 2. The molecule has 288 valence electrons. The first kappa shape index (κ1) is 39.4. The van der Waals surface area contributed by atoms with E-state index in [-0.39, 0.29) is 34.7 Å². The van der Waals surface area contributed by atoms with E-state index in [9.17, 15) is 9.59 Å². The topological polar surface area (TPSA) is 159 Å². The Labute approximate surface area is 329 Å². The molecule has 12 heteroatoms. The first-order valence-corrected chi connectivity index (χ1v) is 17.7. The lowest BCUT2D eigenvalue weighted by molar-refractivity contribution is 0.412. The highest BCUT2D eigenvalue weighted by atomic mass is 16.5. The minimum absolute atomic E-state index is 0. The summed E-state index contributed by atoms with van der Waals surface area (Å²) >= 11 is 0. The molecule has 57 heavy (non-hydrogen) atoms. The molecular formula is C45H44N8O4. The highest BCUT2D eigenvalue weighted by molar-refractivity contribution is 5.99. The van der Waals surface area contributed by atoms with Gasteiger partial charge in [0.1, 0.15) is 22.5 Å². The van der Waals surface area contributed by atoms with Crippen molar-refractivity contribution in [2.24, 2.45) is 9.98 Å². The van der Waals surface area contributed by atoms with Crippen LogP contribution in [0.5, 0.6) is 11.5 Å². The molecule has 8 rings (SSSR count). The van der Waals surface area contributed by atoms with Crippen molar-refractivity contribution in [2.45, 2.75) is 35.1 Å². The predicted molar refractivity (Wildman–Crippen MR) is 228 cm³/mol. The molecule has 4 aromatic carbocycles. The van der Waals surface area contributed by atoms with Crippen LogP contribution in [0.4, 0.5) is 11.6 Å². The Kier molecular flexibility index (Phi) is 11.2. The standard InChI is InChI=1S/C23H22N4O3.C21H18N4O.CH4/c1-12-6-8-15(17(10-12)29-4)19-20(16-9-7-13(2)11-18(16)30-5)27-22-21(26-19)23(28)25-14(3)24-22;1-12-4-8-15(9-5-12)17-18(16-10-6-13(2)7-11-16)25-20-19(24-17)21(26)23-14(3)22-20;/h6-11H,3H2,1-2,4-5H3,(H,24,27)(H,25,28);4-11H,3H2,1-2H3,(H,22,25)(H,23,26);1H4. The van der Waals surface area contributed by atoms with E-state index in [1.807, 2.05) is 113 Å². The summed E-state index contributed by atoms with van der Waals surface area (Å²) in [6, 6.07) is 28.0. The van der Waals surface area contributed by atoms with Crippen LogP contribution in [0.25, 0.3) is 35.9 Å². The van der Waals surface area contributed by atoms with Gasteiger partial charge in [0.2, 0.25) is 0 Å². The second-order valence-electron chi connectivity index (χ2n) is 13.5. The van der Waals surface area contributed by atoms with Gasteiger partial charge in [0.15, 0.2) is 22.4 Å². The molecule has 0 saturated heterocycles. The van der Waals surface area contributed by atoms with Gasteiger partial charge in [-0.15, -0.1) is 0 Å². The molecule has 0 radical (unpaired) electrons. The molecule has 2 aliphatic rings. The number of hydrogen-bond acceptors (Lipinski definition) is 10. The Hall–Kier alpha value is -7.34. The Morgan fingerprint density at radius 1 is 0.526 bits per heavy atom. The van der Waals surface area contributed by atoms with Crippen LogP contribution in [0.15, 0.2) is 105 Å². The lowest BCUT2D eigenvalue weighted by atomic mass is 10.0. The molecule has 0 fully saturated rings. The molecule has 0 spiro atoms. The molecule has 0 saturated carbocycles. The van der Waals surface area contributed by atoms with E-state index in [1.54, 1.807) is 14.2 Å². The lowest BCUT2D eigenvalue weighted by Gasteiger charge is -2.22. The zero-order valence-electron chi connectivity index (χ0n) is 31.9. The molecule has 0 aliphatic carbocycles. The molecule has 6 aromatic rings. The Morgan fingerprint density at radius 2 is 0.947 bits per heavy atom. The largest absolute Gasteiger partial charge is 0.496 e. The van der Waals surface area contributed by atoms with Gasteiger partial charge in [-0.2, -0.15) is 0 Å². The van der Waals surface area contributed by atoms with Gasteiger partial charge in [-0.3, -0.25) is 9.59 Å². The summed E-state index contributed by atoms with van der Waals surface area (Å²) in [5.74, 6) is 2.10. The number of rotatable bonds is 6. The summed E-state index contributed by atoms with van der Waals surface area (Å²) in [5, 5.41) is 7.03. The fraction of sp³-hybridized carbons (Fsp3) is 0.156. The minimum atomic E-state index is -0.365. The number of aromatic nitrogens is 4. The second-order valence-corrected chi connectivity index (χ2v) is 13.5. The van der Waals surface area contributed by atoms with E-state index in [0.717, 1.165) is 44.6 Å². The smallest absolute Gasteiger partial charge is 0.279 e. The number of benzene rings is 4. The van der Waals surface area contributed by atoms with Gasteiger partial charge >= 0.3 is 0 Å². The van der Waals surface area contributed by atoms with Crippen LogP contribution in [-0.2, 0) is 0 Å². The third kappa shape index (κ3) is 8.06. The van der Waals surface area contributed by atoms with Gasteiger partial charge < -0.3 is 30.1 Å². The van der Waals surface area contributed by atoms with Crippen molar-refractivity contribution in [3.8, 4) is 11.5 Å². The second kappa shape index (κ2) is 16.2. The van der Waals surface area contributed by atoms with Crippen LogP contribution in [0, 0.1) is 27.7 Å². The quantitative estimate of drug-likeness (QED) is 0.176. The van der Waals surface area contributed by atoms with Crippen molar-refractivity contribution in [1.82, 2.24) is 19.9 Å². The molecule has 4 heterocycles. The van der Waals surface area contributed by atoms with E-state index >= 15 is 0 Å². The van der Waals surface area contributed by atoms with Gasteiger partial charge in [0.25, 0.3) is 11.1 Å². The third-order valence-corrected chi connectivity index (χ3v) is 9.20. The molecule has 4 N–H and O–H groups in total. The number of methoxy groups -OCH3 is 2. The number of hydrogen-bond donors (Lipinski definition) is 4. The van der Waals surface area contributed by atoms with E-state index < -0.39 is 0 Å². The number of nitrogens with one attached hydrogen (secondary N) is 4. The predicted octanol–water partition coefficient (Wildman–Crippen LogP) is 5.39. The average molecular weight is 761 g/mol. The molecule has 0 amide bonds. The number of nitrogens with zero attached hydrogens (tertiary/aromatic N) is 4. The highest BCUT2D eigenvalue weighted by Gasteiger charge is 2.24.